The molecule has 0 saturated carbocycles. The summed E-state index contributed by atoms with van der Waals surface area (Å²) in [7, 11) is 0. The fourth-order valence-electron chi connectivity index (χ4n) is 2.05. The lowest BCUT2D eigenvalue weighted by atomic mass is 10.0. The van der Waals surface area contributed by atoms with Crippen LogP contribution in [-0.4, -0.2) is 35.8 Å². The Morgan fingerprint density at radius 3 is 2.81 bits per heavy atom. The van der Waals surface area contributed by atoms with Gasteiger partial charge in [-0.2, -0.15) is 0 Å². The molecule has 0 amide bonds. The summed E-state index contributed by atoms with van der Waals surface area (Å²) in [6.07, 6.45) is 3.56. The second-order valence-electron chi connectivity index (χ2n) is 4.96. The molecule has 1 aromatic carbocycles. The number of oxime groups is 1. The van der Waals surface area contributed by atoms with Crippen LogP contribution in [0.25, 0.3) is 5.57 Å². The van der Waals surface area contributed by atoms with E-state index in [1.165, 1.54) is 16.9 Å². The summed E-state index contributed by atoms with van der Waals surface area (Å²) in [4.78, 5) is 27.9. The van der Waals surface area contributed by atoms with Gasteiger partial charge < -0.3 is 20.1 Å². The minimum atomic E-state index is -0.900. The number of benzene rings is 1. The first-order chi connectivity index (χ1) is 12.6. The number of carboxylic acid groups (broad SMARTS) is 1. The van der Waals surface area contributed by atoms with Crippen LogP contribution >= 0.6 is 11.3 Å². The Morgan fingerprint density at radius 1 is 1.42 bits per heavy atom. The minimum absolute atomic E-state index is 0.0850. The van der Waals surface area contributed by atoms with Crippen LogP contribution < -0.4 is 5.32 Å². The molecule has 7 nitrogen and oxygen atoms in total. The van der Waals surface area contributed by atoms with E-state index in [2.05, 4.69) is 15.5 Å². The molecule has 0 aliphatic heterocycles. The second-order valence-corrected chi connectivity index (χ2v) is 5.82. The third-order valence-corrected chi connectivity index (χ3v) is 4.05. The lowest BCUT2D eigenvalue weighted by Gasteiger charge is -2.05. The minimum Gasteiger partial charge on any atom is -0.481 e. The number of anilines is 1. The maximum absolute atomic E-state index is 10.6. The Balaban J connectivity index is 0.00000163. The standard InChI is InChI=1S/C17H19N3O3S.CH2O/c1-3-13(15-7-5-4-6-12(15)2)9-19-23-11-18-17-20-14(10-24-17)8-16(21)22;1-2/h3-7,9-10H,8,11H2,1-2H3,(H,18,20)(H,21,22);1H2/b13-3-,19-9+;. The van der Waals surface area contributed by atoms with Crippen LogP contribution in [-0.2, 0) is 20.8 Å². The van der Waals surface area contributed by atoms with Gasteiger partial charge in [-0.15, -0.1) is 11.3 Å². The number of aromatic nitrogens is 1. The monoisotopic (exact) mass is 375 g/mol. The summed E-state index contributed by atoms with van der Waals surface area (Å²) >= 11 is 1.33. The average Bonchev–Trinajstić information content (AvgIpc) is 3.07. The summed E-state index contributed by atoms with van der Waals surface area (Å²) in [5, 5.41) is 17.9. The number of rotatable bonds is 8. The zero-order chi connectivity index (χ0) is 19.4. The quantitative estimate of drug-likeness (QED) is 0.317. The highest BCUT2D eigenvalue weighted by atomic mass is 32.1. The van der Waals surface area contributed by atoms with Crippen LogP contribution in [0.1, 0.15) is 23.7 Å². The molecule has 26 heavy (non-hydrogen) atoms. The fourth-order valence-corrected chi connectivity index (χ4v) is 2.74. The summed E-state index contributed by atoms with van der Waals surface area (Å²) in [6, 6.07) is 8.07. The SMILES string of the molecule is C/C=C(/C=N/OCNc1nc(CC(=O)O)cs1)c1ccccc1C.C=O. The summed E-state index contributed by atoms with van der Waals surface area (Å²) in [5.74, 6) is -0.900. The number of nitrogens with one attached hydrogen (secondary N) is 1. The van der Waals surface area contributed by atoms with Gasteiger partial charge in [0.15, 0.2) is 11.9 Å². The van der Waals surface area contributed by atoms with Crippen molar-refractivity contribution in [3.63, 3.8) is 0 Å². The van der Waals surface area contributed by atoms with E-state index in [1.54, 1.807) is 11.6 Å². The predicted molar refractivity (Wildman–Crippen MR) is 103 cm³/mol. The van der Waals surface area contributed by atoms with Crippen LogP contribution in [0.3, 0.4) is 0 Å². The highest BCUT2D eigenvalue weighted by Gasteiger charge is 2.05. The molecular formula is C18H21N3O4S. The van der Waals surface area contributed by atoms with Gasteiger partial charge in [0.1, 0.15) is 6.79 Å². The molecule has 0 fully saturated rings. The van der Waals surface area contributed by atoms with Gasteiger partial charge in [0.2, 0.25) is 0 Å². The molecule has 2 rings (SSSR count). The van der Waals surface area contributed by atoms with Crippen molar-refractivity contribution < 1.29 is 19.5 Å². The zero-order valence-electron chi connectivity index (χ0n) is 14.6. The van der Waals surface area contributed by atoms with E-state index in [-0.39, 0.29) is 13.2 Å². The molecule has 0 radical (unpaired) electrons. The topological polar surface area (TPSA) is 101 Å². The summed E-state index contributed by atoms with van der Waals surface area (Å²) in [6.45, 7) is 6.15. The van der Waals surface area contributed by atoms with E-state index in [9.17, 15) is 4.79 Å². The van der Waals surface area contributed by atoms with Crippen LogP contribution in [0.2, 0.25) is 0 Å². The third kappa shape index (κ3) is 6.86. The van der Waals surface area contributed by atoms with Crippen molar-refractivity contribution >= 4 is 41.0 Å². The molecule has 0 aliphatic rings. The van der Waals surface area contributed by atoms with Crippen molar-refractivity contribution in [1.82, 2.24) is 4.98 Å². The largest absolute Gasteiger partial charge is 0.481 e. The first-order valence-corrected chi connectivity index (χ1v) is 8.54. The first-order valence-electron chi connectivity index (χ1n) is 7.66. The van der Waals surface area contributed by atoms with Crippen molar-refractivity contribution in [3.05, 3.63) is 52.5 Å². The van der Waals surface area contributed by atoms with Crippen molar-refractivity contribution in [2.24, 2.45) is 5.16 Å². The highest BCUT2D eigenvalue weighted by molar-refractivity contribution is 7.13. The number of hydrogen-bond donors (Lipinski definition) is 2. The molecule has 138 valence electrons. The van der Waals surface area contributed by atoms with Gasteiger partial charge in [-0.3, -0.25) is 4.79 Å². The number of carbonyl (C=O) groups is 2. The number of thiazole rings is 1. The van der Waals surface area contributed by atoms with Gasteiger partial charge in [-0.25, -0.2) is 4.98 Å². The highest BCUT2D eigenvalue weighted by Crippen LogP contribution is 2.17. The lowest BCUT2D eigenvalue weighted by molar-refractivity contribution is -0.136. The number of aryl methyl sites for hydroxylation is 1. The average molecular weight is 375 g/mol. The van der Waals surface area contributed by atoms with Crippen molar-refractivity contribution in [2.45, 2.75) is 20.3 Å². The Morgan fingerprint density at radius 2 is 2.15 bits per heavy atom. The molecule has 2 N–H and O–H groups in total. The zero-order valence-corrected chi connectivity index (χ0v) is 15.5. The van der Waals surface area contributed by atoms with Gasteiger partial charge in [0.25, 0.3) is 0 Å². The molecule has 0 saturated heterocycles. The smallest absolute Gasteiger partial charge is 0.309 e. The second kappa shape index (κ2) is 11.5. The van der Waals surface area contributed by atoms with Crippen molar-refractivity contribution in [3.8, 4) is 0 Å². The number of aliphatic carboxylic acids is 1. The molecule has 2 aromatic rings. The van der Waals surface area contributed by atoms with Crippen LogP contribution in [0.5, 0.6) is 0 Å². The van der Waals surface area contributed by atoms with Gasteiger partial charge in [-0.1, -0.05) is 35.5 Å². The Kier molecular flexibility index (Phi) is 9.34. The first kappa shape index (κ1) is 21.0. The molecule has 0 spiro atoms. The Labute approximate surface area is 156 Å². The van der Waals surface area contributed by atoms with E-state index in [0.717, 1.165) is 11.1 Å². The number of allylic oxidation sites excluding steroid dienone is 2. The normalized spacial score (nSPS) is 10.9. The molecule has 8 heteroatoms. The van der Waals surface area contributed by atoms with E-state index in [4.69, 9.17) is 14.7 Å². The van der Waals surface area contributed by atoms with Gasteiger partial charge in [0.05, 0.1) is 18.3 Å². The van der Waals surface area contributed by atoms with Crippen LogP contribution in [0.4, 0.5) is 5.13 Å². The van der Waals surface area contributed by atoms with Gasteiger partial charge >= 0.3 is 5.97 Å². The molecular weight excluding hydrogens is 354 g/mol. The number of nitrogens with zero attached hydrogens (tertiary/aromatic N) is 2. The maximum Gasteiger partial charge on any atom is 0.309 e. The van der Waals surface area contributed by atoms with Crippen LogP contribution in [0.15, 0.2) is 40.9 Å². The fraction of sp³-hybridized carbons (Fsp3) is 0.222. The molecule has 1 heterocycles. The van der Waals surface area contributed by atoms with Crippen molar-refractivity contribution in [2.75, 3.05) is 12.0 Å². The Hall–Kier alpha value is -3.00. The Bertz CT molecular complexity index is 771. The van der Waals surface area contributed by atoms with Crippen molar-refractivity contribution in [1.29, 1.82) is 0 Å². The molecule has 0 atom stereocenters. The predicted octanol–water partition coefficient (Wildman–Crippen LogP) is 3.37. The van der Waals surface area contributed by atoms with E-state index >= 15 is 0 Å². The number of hydrogen-bond acceptors (Lipinski definition) is 7. The summed E-state index contributed by atoms with van der Waals surface area (Å²) in [5.41, 5.74) is 3.78. The lowest BCUT2D eigenvalue weighted by Crippen LogP contribution is -2.04. The molecule has 0 aliphatic carbocycles. The third-order valence-electron chi connectivity index (χ3n) is 3.21. The number of carbonyl (C=O) groups excluding carboxylic acids is 1. The van der Waals surface area contributed by atoms with Gasteiger partial charge in [0, 0.05) is 5.38 Å². The summed E-state index contributed by atoms with van der Waals surface area (Å²) < 4.78 is 0. The molecule has 1 aromatic heterocycles. The number of carboxylic acids is 1. The maximum atomic E-state index is 10.6. The van der Waals surface area contributed by atoms with E-state index in [1.807, 2.05) is 51.0 Å². The van der Waals surface area contributed by atoms with Gasteiger partial charge in [-0.05, 0) is 30.5 Å². The van der Waals surface area contributed by atoms with Crippen LogP contribution in [0, 0.1) is 6.92 Å². The molecule has 0 bridgehead atoms. The van der Waals surface area contributed by atoms with E-state index in [0.29, 0.717) is 10.8 Å². The molecule has 0 unspecified atom stereocenters. The van der Waals surface area contributed by atoms with E-state index < -0.39 is 5.97 Å².